The van der Waals surface area contributed by atoms with Gasteiger partial charge in [-0.2, -0.15) is 0 Å². The molecule has 0 atom stereocenters. The van der Waals surface area contributed by atoms with E-state index in [1.54, 1.807) is 0 Å². The number of hydrogen-bond acceptors (Lipinski definition) is 3. The van der Waals surface area contributed by atoms with E-state index in [2.05, 4.69) is 33.5 Å². The molecule has 4 rings (SSSR count). The number of amides is 1. The molecule has 0 radical (unpaired) electrons. The van der Waals surface area contributed by atoms with Gasteiger partial charge < -0.3 is 9.47 Å². The Labute approximate surface area is 189 Å². The predicted octanol–water partition coefficient (Wildman–Crippen LogP) is 4.55. The maximum absolute atomic E-state index is 13.4. The van der Waals surface area contributed by atoms with Gasteiger partial charge >= 0.3 is 0 Å². The number of carbonyl (C=O) groups is 1. The largest absolute Gasteiger partial charge is 0.342 e. The molecule has 3 aromatic rings. The molecule has 2 aromatic heterocycles. The van der Waals surface area contributed by atoms with Crippen LogP contribution in [-0.2, 0) is 13.1 Å². The van der Waals surface area contributed by atoms with Crippen LogP contribution in [0.25, 0.3) is 0 Å². The number of aromatic nitrogens is 2. The maximum Gasteiger partial charge on any atom is 0.255 e. The molecule has 5 nitrogen and oxygen atoms in total. The summed E-state index contributed by atoms with van der Waals surface area (Å²) in [6.45, 7) is 9.07. The number of benzene rings is 1. The van der Waals surface area contributed by atoms with Crippen LogP contribution in [0, 0.1) is 13.8 Å². The molecular formula is C25H29ClN4O. The SMILES string of the molecule is Cc1cc(C(=O)N2CCCN(Cc3ccc(Cl)cc3)CC2)c(C)n1Cc1ccccn1. The average molecular weight is 437 g/mol. The van der Waals surface area contributed by atoms with Crippen molar-refractivity contribution in [2.45, 2.75) is 33.4 Å². The van der Waals surface area contributed by atoms with Gasteiger partial charge in [-0.1, -0.05) is 29.8 Å². The van der Waals surface area contributed by atoms with Gasteiger partial charge in [0.1, 0.15) is 0 Å². The quantitative estimate of drug-likeness (QED) is 0.589. The Bertz CT molecular complexity index is 1030. The van der Waals surface area contributed by atoms with Crippen molar-refractivity contribution in [3.05, 3.63) is 88.0 Å². The van der Waals surface area contributed by atoms with Crippen molar-refractivity contribution < 1.29 is 4.79 Å². The van der Waals surface area contributed by atoms with Crippen LogP contribution in [0.3, 0.4) is 0 Å². The fourth-order valence-corrected chi connectivity index (χ4v) is 4.39. The predicted molar refractivity (Wildman–Crippen MR) is 124 cm³/mol. The van der Waals surface area contributed by atoms with Crippen molar-refractivity contribution in [2.75, 3.05) is 26.2 Å². The molecule has 0 saturated carbocycles. The second-order valence-corrected chi connectivity index (χ2v) is 8.68. The van der Waals surface area contributed by atoms with Crippen molar-refractivity contribution in [3.63, 3.8) is 0 Å². The van der Waals surface area contributed by atoms with Crippen LogP contribution in [0.2, 0.25) is 5.02 Å². The van der Waals surface area contributed by atoms with Gasteiger partial charge in [-0.25, -0.2) is 0 Å². The normalized spacial score (nSPS) is 15.1. The molecule has 1 aromatic carbocycles. The van der Waals surface area contributed by atoms with Gasteiger partial charge in [0.05, 0.1) is 17.8 Å². The summed E-state index contributed by atoms with van der Waals surface area (Å²) in [5.41, 5.74) is 5.15. The van der Waals surface area contributed by atoms with E-state index in [1.165, 1.54) is 5.56 Å². The van der Waals surface area contributed by atoms with Crippen LogP contribution in [0.4, 0.5) is 0 Å². The molecule has 0 N–H and O–H groups in total. The Morgan fingerprint density at radius 2 is 1.81 bits per heavy atom. The molecule has 0 spiro atoms. The Morgan fingerprint density at radius 1 is 1.00 bits per heavy atom. The third kappa shape index (κ3) is 5.17. The standard InChI is InChI=1S/C25H29ClN4O/c1-19-16-24(20(2)30(19)18-23-6-3-4-11-27-23)25(31)29-13-5-12-28(14-15-29)17-21-7-9-22(26)10-8-21/h3-4,6-11,16H,5,12-15,17-18H2,1-2H3. The molecule has 0 bridgehead atoms. The second-order valence-electron chi connectivity index (χ2n) is 8.24. The van der Waals surface area contributed by atoms with E-state index in [-0.39, 0.29) is 5.91 Å². The van der Waals surface area contributed by atoms with Crippen molar-refractivity contribution in [2.24, 2.45) is 0 Å². The molecule has 31 heavy (non-hydrogen) atoms. The Morgan fingerprint density at radius 3 is 2.55 bits per heavy atom. The van der Waals surface area contributed by atoms with Crippen molar-refractivity contribution >= 4 is 17.5 Å². The third-order valence-corrected chi connectivity index (χ3v) is 6.30. The van der Waals surface area contributed by atoms with Gasteiger partial charge in [-0.05, 0) is 56.2 Å². The summed E-state index contributed by atoms with van der Waals surface area (Å²) in [6.07, 6.45) is 2.79. The number of aryl methyl sites for hydroxylation is 1. The van der Waals surface area contributed by atoms with Crippen molar-refractivity contribution in [1.82, 2.24) is 19.4 Å². The van der Waals surface area contributed by atoms with E-state index in [1.807, 2.05) is 54.4 Å². The topological polar surface area (TPSA) is 41.4 Å². The summed E-state index contributed by atoms with van der Waals surface area (Å²) < 4.78 is 2.18. The first-order valence-corrected chi connectivity index (χ1v) is 11.2. The highest BCUT2D eigenvalue weighted by molar-refractivity contribution is 6.30. The van der Waals surface area contributed by atoms with Crippen LogP contribution in [-0.4, -0.2) is 51.4 Å². The summed E-state index contributed by atoms with van der Waals surface area (Å²) in [6, 6.07) is 16.0. The first kappa shape index (κ1) is 21.6. The molecule has 1 fully saturated rings. The lowest BCUT2D eigenvalue weighted by Crippen LogP contribution is -2.35. The minimum Gasteiger partial charge on any atom is -0.342 e. The second kappa shape index (κ2) is 9.67. The van der Waals surface area contributed by atoms with Crippen LogP contribution in [0.1, 0.15) is 39.4 Å². The molecule has 1 amide bonds. The molecule has 3 heterocycles. The zero-order valence-electron chi connectivity index (χ0n) is 18.2. The lowest BCUT2D eigenvalue weighted by Gasteiger charge is -2.22. The molecule has 0 unspecified atom stereocenters. The van der Waals surface area contributed by atoms with Crippen molar-refractivity contribution in [3.8, 4) is 0 Å². The monoisotopic (exact) mass is 436 g/mol. The van der Waals surface area contributed by atoms with E-state index < -0.39 is 0 Å². The van der Waals surface area contributed by atoms with E-state index in [4.69, 9.17) is 11.6 Å². The molecular weight excluding hydrogens is 408 g/mol. The Hall–Kier alpha value is -2.63. The molecule has 0 aliphatic carbocycles. The lowest BCUT2D eigenvalue weighted by atomic mass is 10.2. The van der Waals surface area contributed by atoms with Gasteiger partial charge in [0, 0.05) is 55.3 Å². The summed E-state index contributed by atoms with van der Waals surface area (Å²) in [4.78, 5) is 22.2. The van der Waals surface area contributed by atoms with E-state index in [0.29, 0.717) is 6.54 Å². The van der Waals surface area contributed by atoms with E-state index >= 15 is 0 Å². The van der Waals surface area contributed by atoms with Crippen LogP contribution >= 0.6 is 11.6 Å². The van der Waals surface area contributed by atoms with Gasteiger partial charge in [0.25, 0.3) is 5.91 Å². The summed E-state index contributed by atoms with van der Waals surface area (Å²) >= 11 is 6.00. The lowest BCUT2D eigenvalue weighted by molar-refractivity contribution is 0.0760. The Kier molecular flexibility index (Phi) is 6.73. The number of carbonyl (C=O) groups excluding carboxylic acids is 1. The zero-order chi connectivity index (χ0) is 21.8. The molecule has 1 aliphatic heterocycles. The van der Waals surface area contributed by atoms with Gasteiger partial charge in [-0.3, -0.25) is 14.7 Å². The fourth-order valence-electron chi connectivity index (χ4n) is 4.27. The van der Waals surface area contributed by atoms with E-state index in [9.17, 15) is 4.79 Å². The average Bonchev–Trinajstić information content (AvgIpc) is 2.94. The van der Waals surface area contributed by atoms with E-state index in [0.717, 1.165) is 66.8 Å². The summed E-state index contributed by atoms with van der Waals surface area (Å²) in [5, 5.41) is 0.761. The van der Waals surface area contributed by atoms with Gasteiger partial charge in [0.15, 0.2) is 0 Å². The Balaban J connectivity index is 1.42. The minimum absolute atomic E-state index is 0.133. The highest BCUT2D eigenvalue weighted by atomic mass is 35.5. The van der Waals surface area contributed by atoms with Crippen LogP contribution < -0.4 is 0 Å². The summed E-state index contributed by atoms with van der Waals surface area (Å²) in [5.74, 6) is 0.133. The number of halogens is 1. The third-order valence-electron chi connectivity index (χ3n) is 6.05. The summed E-state index contributed by atoms with van der Waals surface area (Å²) in [7, 11) is 0. The highest BCUT2D eigenvalue weighted by Crippen LogP contribution is 2.20. The van der Waals surface area contributed by atoms with Crippen molar-refractivity contribution in [1.29, 1.82) is 0 Å². The van der Waals surface area contributed by atoms with Gasteiger partial charge in [-0.15, -0.1) is 0 Å². The fraction of sp³-hybridized carbons (Fsp3) is 0.360. The number of hydrogen-bond donors (Lipinski definition) is 0. The number of rotatable bonds is 5. The van der Waals surface area contributed by atoms with Gasteiger partial charge in [0.2, 0.25) is 0 Å². The molecule has 162 valence electrons. The number of pyridine rings is 1. The highest BCUT2D eigenvalue weighted by Gasteiger charge is 2.24. The van der Waals surface area contributed by atoms with Crippen LogP contribution in [0.5, 0.6) is 0 Å². The number of nitrogens with zero attached hydrogens (tertiary/aromatic N) is 4. The minimum atomic E-state index is 0.133. The maximum atomic E-state index is 13.4. The molecule has 1 saturated heterocycles. The molecule has 6 heteroatoms. The first-order valence-electron chi connectivity index (χ1n) is 10.8. The van der Waals surface area contributed by atoms with Crippen LogP contribution in [0.15, 0.2) is 54.7 Å². The first-order chi connectivity index (χ1) is 15.0. The zero-order valence-corrected chi connectivity index (χ0v) is 19.0. The molecule has 1 aliphatic rings. The smallest absolute Gasteiger partial charge is 0.255 e.